The average molecular weight is 420 g/mol. The van der Waals surface area contributed by atoms with E-state index in [1.165, 1.54) is 19.2 Å². The van der Waals surface area contributed by atoms with Crippen molar-refractivity contribution in [2.75, 3.05) is 16.7 Å². The Morgan fingerprint density at radius 1 is 1.11 bits per heavy atom. The van der Waals surface area contributed by atoms with Gasteiger partial charge in [-0.25, -0.2) is 12.8 Å². The minimum absolute atomic E-state index is 0.216. The van der Waals surface area contributed by atoms with E-state index >= 15 is 0 Å². The Morgan fingerprint density at radius 2 is 1.68 bits per heavy atom. The first-order chi connectivity index (χ1) is 12.8. The van der Waals surface area contributed by atoms with Gasteiger partial charge in [-0.1, -0.05) is 18.2 Å². The molecule has 0 saturated carbocycles. The third kappa shape index (κ3) is 4.09. The summed E-state index contributed by atoms with van der Waals surface area (Å²) in [5.41, 5.74) is -4.16. The number of carbonyl (C=O) groups excluding carboxylic acids is 1. The van der Waals surface area contributed by atoms with Crippen molar-refractivity contribution in [3.05, 3.63) is 54.3 Å². The zero-order valence-corrected chi connectivity index (χ0v) is 15.5. The zero-order valence-electron chi connectivity index (χ0n) is 14.7. The highest BCUT2D eigenvalue weighted by Gasteiger charge is 2.55. The number of nitrogens with zero attached hydrogens (tertiary/aromatic N) is 1. The van der Waals surface area contributed by atoms with Gasteiger partial charge >= 0.3 is 6.18 Å². The fourth-order valence-electron chi connectivity index (χ4n) is 2.07. The van der Waals surface area contributed by atoms with Crippen LogP contribution in [0, 0.1) is 5.82 Å². The Bertz CT molecular complexity index is 976. The fraction of sp³-hybridized carbons (Fsp3) is 0.235. The quantitative estimate of drug-likeness (QED) is 0.729. The molecule has 1 atom stereocenters. The van der Waals surface area contributed by atoms with E-state index in [9.17, 15) is 35.9 Å². The van der Waals surface area contributed by atoms with Gasteiger partial charge in [-0.3, -0.25) is 9.10 Å². The molecule has 152 valence electrons. The molecular weight excluding hydrogens is 404 g/mol. The van der Waals surface area contributed by atoms with Crippen molar-refractivity contribution in [2.24, 2.45) is 0 Å². The van der Waals surface area contributed by atoms with Crippen molar-refractivity contribution in [2.45, 2.75) is 23.6 Å². The molecule has 2 aromatic rings. The van der Waals surface area contributed by atoms with Gasteiger partial charge in [0.05, 0.1) is 16.3 Å². The normalized spacial score (nSPS) is 14.2. The average Bonchev–Trinajstić information content (AvgIpc) is 2.62. The lowest BCUT2D eigenvalue weighted by molar-refractivity contribution is -0.242. The number of amides is 1. The SMILES string of the molecule is CN(c1ccccc1)S(=O)(=O)c1ccc(NC(=O)[C@@](C)(O)C(F)(F)F)c(F)c1. The van der Waals surface area contributed by atoms with Crippen molar-refractivity contribution < 1.29 is 35.9 Å². The van der Waals surface area contributed by atoms with Gasteiger partial charge < -0.3 is 10.4 Å². The minimum Gasteiger partial charge on any atom is -0.373 e. The topological polar surface area (TPSA) is 86.7 Å². The van der Waals surface area contributed by atoms with Crippen molar-refractivity contribution >= 4 is 27.3 Å². The van der Waals surface area contributed by atoms with E-state index in [1.807, 2.05) is 0 Å². The number of alkyl halides is 3. The van der Waals surface area contributed by atoms with Gasteiger partial charge in [0, 0.05) is 7.05 Å². The van der Waals surface area contributed by atoms with E-state index in [2.05, 4.69) is 0 Å². The van der Waals surface area contributed by atoms with Crippen LogP contribution >= 0.6 is 0 Å². The summed E-state index contributed by atoms with van der Waals surface area (Å²) in [7, 11) is -2.91. The molecule has 1 amide bonds. The van der Waals surface area contributed by atoms with Crippen LogP contribution < -0.4 is 9.62 Å². The number of sulfonamides is 1. The molecule has 0 unspecified atom stereocenters. The lowest BCUT2D eigenvalue weighted by Gasteiger charge is -2.25. The van der Waals surface area contributed by atoms with Crippen LogP contribution in [0.5, 0.6) is 0 Å². The van der Waals surface area contributed by atoms with E-state index < -0.39 is 44.1 Å². The Morgan fingerprint density at radius 3 is 2.18 bits per heavy atom. The summed E-state index contributed by atoms with van der Waals surface area (Å²) in [6.45, 7) is 0.216. The van der Waals surface area contributed by atoms with Gasteiger partial charge in [-0.2, -0.15) is 13.2 Å². The second-order valence-corrected chi connectivity index (χ2v) is 7.94. The number of hydrogen-bond acceptors (Lipinski definition) is 4. The smallest absolute Gasteiger partial charge is 0.373 e. The maximum Gasteiger partial charge on any atom is 0.426 e. The summed E-state index contributed by atoms with van der Waals surface area (Å²) < 4.78 is 78.3. The number of aliphatic hydroxyl groups is 1. The Kier molecular flexibility index (Phi) is 5.72. The maximum atomic E-state index is 14.2. The molecule has 0 aliphatic rings. The summed E-state index contributed by atoms with van der Waals surface area (Å²) >= 11 is 0. The second kappa shape index (κ2) is 7.40. The highest BCUT2D eigenvalue weighted by Crippen LogP contribution is 2.32. The molecule has 2 aromatic carbocycles. The van der Waals surface area contributed by atoms with Crippen LogP contribution in [0.15, 0.2) is 53.4 Å². The number of hydrogen-bond donors (Lipinski definition) is 2. The number of anilines is 2. The number of benzene rings is 2. The van der Waals surface area contributed by atoms with Crippen LogP contribution in [0.1, 0.15) is 6.92 Å². The molecule has 6 nitrogen and oxygen atoms in total. The number of nitrogens with one attached hydrogen (secondary N) is 1. The van der Waals surface area contributed by atoms with Crippen molar-refractivity contribution in [1.29, 1.82) is 0 Å². The monoisotopic (exact) mass is 420 g/mol. The molecule has 11 heteroatoms. The van der Waals surface area contributed by atoms with Crippen molar-refractivity contribution in [3.8, 4) is 0 Å². The molecule has 0 fully saturated rings. The Balaban J connectivity index is 2.31. The van der Waals surface area contributed by atoms with Crippen LogP contribution in [0.4, 0.5) is 28.9 Å². The van der Waals surface area contributed by atoms with E-state index in [-0.39, 0.29) is 6.92 Å². The summed E-state index contributed by atoms with van der Waals surface area (Å²) in [5.74, 6) is -3.19. The molecule has 2 N–H and O–H groups in total. The third-order valence-corrected chi connectivity index (χ3v) is 5.74. The summed E-state index contributed by atoms with van der Waals surface area (Å²) in [4.78, 5) is 11.2. The molecule has 0 aliphatic heterocycles. The summed E-state index contributed by atoms with van der Waals surface area (Å²) in [5, 5.41) is 10.9. The first-order valence-electron chi connectivity index (χ1n) is 7.72. The standard InChI is InChI=1S/C17H16F4N2O4S/c1-16(25,17(19,20)21)15(24)22-14-9-8-12(10-13(14)18)28(26,27)23(2)11-6-4-3-5-7-11/h3-10,25H,1-2H3,(H,22,24)/t16-/m1/s1. The number of carbonyl (C=O) groups is 1. The molecule has 0 heterocycles. The second-order valence-electron chi connectivity index (χ2n) is 5.97. The molecule has 0 bridgehead atoms. The summed E-state index contributed by atoms with van der Waals surface area (Å²) in [6.07, 6.45) is -5.28. The van der Waals surface area contributed by atoms with Gasteiger partial charge in [0.15, 0.2) is 0 Å². The summed E-state index contributed by atoms with van der Waals surface area (Å²) in [6, 6.07) is 10.2. The number of rotatable bonds is 5. The van der Waals surface area contributed by atoms with Gasteiger partial charge in [-0.15, -0.1) is 0 Å². The first-order valence-corrected chi connectivity index (χ1v) is 9.16. The van der Waals surface area contributed by atoms with Gasteiger partial charge in [0.25, 0.3) is 15.9 Å². The Labute approximate surface area is 158 Å². The van der Waals surface area contributed by atoms with Crippen molar-refractivity contribution in [1.82, 2.24) is 0 Å². The van der Waals surface area contributed by atoms with Crippen LogP contribution in [0.2, 0.25) is 0 Å². The largest absolute Gasteiger partial charge is 0.426 e. The fourth-order valence-corrected chi connectivity index (χ4v) is 3.27. The first kappa shape index (κ1) is 21.6. The highest BCUT2D eigenvalue weighted by molar-refractivity contribution is 7.92. The van der Waals surface area contributed by atoms with E-state index in [0.29, 0.717) is 11.8 Å². The van der Waals surface area contributed by atoms with Crippen LogP contribution in [-0.2, 0) is 14.8 Å². The number of para-hydroxylation sites is 1. The van der Waals surface area contributed by atoms with E-state index in [1.54, 1.807) is 23.5 Å². The molecule has 0 saturated heterocycles. The molecule has 2 rings (SSSR count). The predicted molar refractivity (Wildman–Crippen MR) is 93.7 cm³/mol. The number of halogens is 4. The van der Waals surface area contributed by atoms with Gasteiger partial charge in [0.1, 0.15) is 5.82 Å². The van der Waals surface area contributed by atoms with E-state index in [4.69, 9.17) is 0 Å². The third-order valence-electron chi connectivity index (χ3n) is 3.96. The maximum absolute atomic E-state index is 14.2. The molecule has 0 aliphatic carbocycles. The van der Waals surface area contributed by atoms with Gasteiger partial charge in [0.2, 0.25) is 5.60 Å². The highest BCUT2D eigenvalue weighted by atomic mass is 32.2. The molecule has 0 aromatic heterocycles. The van der Waals surface area contributed by atoms with E-state index in [0.717, 1.165) is 16.4 Å². The van der Waals surface area contributed by atoms with Crippen LogP contribution in [0.25, 0.3) is 0 Å². The van der Waals surface area contributed by atoms with Crippen molar-refractivity contribution in [3.63, 3.8) is 0 Å². The molecular formula is C17H16F4N2O4S. The lowest BCUT2D eigenvalue weighted by atomic mass is 10.1. The zero-order chi connectivity index (χ0) is 21.3. The predicted octanol–water partition coefficient (Wildman–Crippen LogP) is 2.90. The van der Waals surface area contributed by atoms with Gasteiger partial charge in [-0.05, 0) is 37.3 Å². The van der Waals surface area contributed by atoms with Crippen LogP contribution in [-0.4, -0.2) is 38.3 Å². The minimum atomic E-state index is -5.28. The molecule has 0 spiro atoms. The molecule has 28 heavy (non-hydrogen) atoms. The molecule has 0 radical (unpaired) electrons. The lowest BCUT2D eigenvalue weighted by Crippen LogP contribution is -2.52. The Hall–Kier alpha value is -2.66. The van der Waals surface area contributed by atoms with Crippen LogP contribution in [0.3, 0.4) is 0 Å².